The molecule has 2 rings (SSSR count). The highest BCUT2D eigenvalue weighted by Gasteiger charge is 2.49. The predicted octanol–water partition coefficient (Wildman–Crippen LogP) is 2.32. The Hall–Kier alpha value is -2.61. The van der Waals surface area contributed by atoms with Crippen LogP contribution in [0, 0.1) is 29.1 Å². The van der Waals surface area contributed by atoms with Gasteiger partial charge in [0.15, 0.2) is 29.1 Å². The van der Waals surface area contributed by atoms with E-state index >= 15 is 0 Å². The van der Waals surface area contributed by atoms with Crippen molar-refractivity contribution < 1.29 is 82.0 Å². The molecule has 0 bridgehead atoms. The third kappa shape index (κ3) is 8.44. The quantitative estimate of drug-likeness (QED) is 0.351. The molecule has 2 aromatic rings. The topological polar surface area (TPSA) is 161 Å². The molecule has 2 aromatic carbocycles. The first kappa shape index (κ1) is 34.4. The molecule has 0 aliphatic carbocycles. The van der Waals surface area contributed by atoms with E-state index in [1.165, 1.54) is 0 Å². The van der Waals surface area contributed by atoms with Crippen molar-refractivity contribution in [3.8, 4) is 0 Å². The van der Waals surface area contributed by atoms with E-state index < -0.39 is 90.0 Å². The van der Waals surface area contributed by atoms with Gasteiger partial charge in [0.25, 0.3) is 20.0 Å². The number of nitrogens with one attached hydrogen (secondary N) is 2. The van der Waals surface area contributed by atoms with E-state index in [9.17, 15) is 82.0 Å². The van der Waals surface area contributed by atoms with Gasteiger partial charge in [-0.15, -0.1) is 0 Å². The van der Waals surface area contributed by atoms with Crippen molar-refractivity contribution in [1.82, 2.24) is 8.25 Å². The predicted molar refractivity (Wildman–Crippen MR) is 103 cm³/mol. The van der Waals surface area contributed by atoms with E-state index in [2.05, 4.69) is 0 Å². The van der Waals surface area contributed by atoms with Gasteiger partial charge in [-0.2, -0.15) is 26.3 Å². The highest BCUT2D eigenvalue weighted by Crippen LogP contribution is 2.25. The third-order valence-electron chi connectivity index (χ3n) is 3.52. The molecule has 0 aliphatic heterocycles. The second-order valence-electron chi connectivity index (χ2n) is 6.35. The Bertz CT molecular complexity index is 1660. The molecule has 0 saturated carbocycles. The van der Waals surface area contributed by atoms with Crippen LogP contribution < -0.4 is 8.25 Å². The van der Waals surface area contributed by atoms with Crippen molar-refractivity contribution in [1.29, 1.82) is 0 Å². The number of hydrogen-bond acceptors (Lipinski definition) is 8. The van der Waals surface area contributed by atoms with E-state index in [0.29, 0.717) is 16.3 Å². The fourth-order valence-electron chi connectivity index (χ4n) is 1.81. The normalized spacial score (nSPS) is 13.5. The lowest BCUT2D eigenvalue weighted by Gasteiger charge is -2.10. The van der Waals surface area contributed by atoms with Crippen LogP contribution >= 0.6 is 0 Å². The summed E-state index contributed by atoms with van der Waals surface area (Å²) >= 11 is 0. The molecular weight excluding hydrogens is 661 g/mol. The van der Waals surface area contributed by atoms with Crippen LogP contribution in [0.2, 0.25) is 0 Å². The summed E-state index contributed by atoms with van der Waals surface area (Å²) in [4.78, 5) is -2.69. The first-order chi connectivity index (χ1) is 17.1. The molecule has 0 atom stereocenters. The average Bonchev–Trinajstić information content (AvgIpc) is 2.70. The smallest absolute Gasteiger partial charge is 0.206 e. The summed E-state index contributed by atoms with van der Waals surface area (Å²) in [6.07, 6.45) is 0. The maximum absolute atomic E-state index is 12.8. The van der Waals surface area contributed by atoms with Crippen LogP contribution in [0.15, 0.2) is 40.1 Å². The van der Waals surface area contributed by atoms with E-state index in [-0.39, 0.29) is 22.3 Å². The van der Waals surface area contributed by atoms with Gasteiger partial charge in [-0.05, 0) is 30.3 Å². The van der Waals surface area contributed by atoms with Gasteiger partial charge in [0.05, 0.1) is 9.79 Å². The molecule has 0 saturated heterocycles. The van der Waals surface area contributed by atoms with E-state index in [0.717, 1.165) is 0 Å². The van der Waals surface area contributed by atoms with Crippen LogP contribution in [0.25, 0.3) is 0 Å². The summed E-state index contributed by atoms with van der Waals surface area (Å²) in [7, 11) is -23.2. The van der Waals surface area contributed by atoms with Crippen LogP contribution in [0.1, 0.15) is 0 Å². The molecular formula is C14H7F11N2O8S4. The van der Waals surface area contributed by atoms with Crippen LogP contribution in [-0.2, 0) is 40.1 Å². The summed E-state index contributed by atoms with van der Waals surface area (Å²) in [5.41, 5.74) is -11.8. The van der Waals surface area contributed by atoms with Gasteiger partial charge in [-0.1, -0.05) is 8.25 Å². The van der Waals surface area contributed by atoms with Gasteiger partial charge in [0.2, 0.25) is 0 Å². The van der Waals surface area contributed by atoms with Crippen LogP contribution in [0.4, 0.5) is 48.3 Å². The van der Waals surface area contributed by atoms with Gasteiger partial charge in [-0.3, -0.25) is 0 Å². The number of halogens is 11. The van der Waals surface area contributed by atoms with Gasteiger partial charge >= 0.3 is 31.1 Å². The zero-order chi connectivity index (χ0) is 31.0. The minimum absolute atomic E-state index is 0.0452. The average molecular weight is 668 g/mol. The first-order valence-corrected chi connectivity index (χ1v) is 14.4. The lowest BCUT2D eigenvalue weighted by atomic mass is 10.3. The summed E-state index contributed by atoms with van der Waals surface area (Å²) in [5, 5.41) is 0. The van der Waals surface area contributed by atoms with Crippen molar-refractivity contribution in [2.75, 3.05) is 0 Å². The monoisotopic (exact) mass is 668 g/mol. The fourth-order valence-corrected chi connectivity index (χ4v) is 6.67. The Morgan fingerprint density at radius 3 is 1.15 bits per heavy atom. The van der Waals surface area contributed by atoms with E-state index in [1.807, 2.05) is 0 Å². The summed E-state index contributed by atoms with van der Waals surface area (Å²) < 4.78 is 223. The molecule has 0 aromatic heterocycles. The van der Waals surface area contributed by atoms with Gasteiger partial charge in [0.1, 0.15) is 0 Å². The van der Waals surface area contributed by atoms with Crippen molar-refractivity contribution in [2.45, 2.75) is 20.8 Å². The number of hydrogen-bond donors (Lipinski definition) is 2. The molecule has 222 valence electrons. The summed E-state index contributed by atoms with van der Waals surface area (Å²) in [6.45, 7) is 0. The van der Waals surface area contributed by atoms with Gasteiger partial charge in [0, 0.05) is 0 Å². The maximum atomic E-state index is 12.8. The highest BCUT2D eigenvalue weighted by molar-refractivity contribution is 8.05. The van der Waals surface area contributed by atoms with Crippen LogP contribution in [-0.4, -0.2) is 44.7 Å². The minimum Gasteiger partial charge on any atom is -0.206 e. The highest BCUT2D eigenvalue weighted by atomic mass is 32.3. The second-order valence-corrected chi connectivity index (χ2v) is 13.6. The largest absolute Gasteiger partial charge is 0.512 e. The lowest BCUT2D eigenvalue weighted by molar-refractivity contribution is -0.0447. The molecule has 39 heavy (non-hydrogen) atoms. The molecule has 0 amide bonds. The van der Waals surface area contributed by atoms with Crippen LogP contribution in [0.3, 0.4) is 0 Å². The summed E-state index contributed by atoms with van der Waals surface area (Å²) in [6, 6.07) is 0.430. The Morgan fingerprint density at radius 2 is 0.821 bits per heavy atom. The van der Waals surface area contributed by atoms with Gasteiger partial charge < -0.3 is 0 Å². The Balaban J connectivity index is 0.000000391. The second kappa shape index (κ2) is 11.1. The number of sulfonamides is 4. The zero-order valence-corrected chi connectivity index (χ0v) is 20.7. The Kier molecular flexibility index (Phi) is 9.80. The summed E-state index contributed by atoms with van der Waals surface area (Å²) in [5.74, 6) is -9.21. The molecule has 25 heteroatoms. The zero-order valence-electron chi connectivity index (χ0n) is 17.4. The first-order valence-electron chi connectivity index (χ1n) is 8.44. The number of alkyl halides is 6. The maximum Gasteiger partial charge on any atom is 0.512 e. The molecule has 2 N–H and O–H groups in total. The lowest BCUT2D eigenvalue weighted by Crippen LogP contribution is -2.40. The molecule has 0 radical (unpaired) electrons. The third-order valence-corrected chi connectivity index (χ3v) is 9.98. The Labute approximate surface area is 210 Å². The van der Waals surface area contributed by atoms with Crippen molar-refractivity contribution in [2.24, 2.45) is 0 Å². The number of benzene rings is 2. The van der Waals surface area contributed by atoms with Gasteiger partial charge in [-0.25, -0.2) is 55.6 Å². The molecule has 0 unspecified atom stereocenters. The SMILES string of the molecule is O=S(=O)(NS(=O)(=O)C(F)(F)F)c1cc(F)c(F)c(F)c1.O=S(=O)(NS(=O)(=O)C(F)(F)F)c1ccc(F)c(F)c1. The number of rotatable bonds is 6. The molecule has 0 heterocycles. The van der Waals surface area contributed by atoms with E-state index in [1.54, 1.807) is 0 Å². The van der Waals surface area contributed by atoms with Crippen molar-refractivity contribution >= 4 is 40.1 Å². The van der Waals surface area contributed by atoms with Crippen LogP contribution in [0.5, 0.6) is 0 Å². The molecule has 0 fully saturated rings. The molecule has 0 aliphatic rings. The van der Waals surface area contributed by atoms with Crippen molar-refractivity contribution in [3.05, 3.63) is 59.4 Å². The van der Waals surface area contributed by atoms with Crippen molar-refractivity contribution in [3.63, 3.8) is 0 Å². The fraction of sp³-hybridized carbons (Fsp3) is 0.143. The molecule has 10 nitrogen and oxygen atoms in total. The molecule has 0 spiro atoms. The standard InChI is InChI=1S/C7H3F6NO4S2.C7H4F5NO4S2/c8-4-1-3(2-5(9)6(4)10)19(15,16)14-20(17,18)7(11,12)13;8-5-2-1-4(3-6(5)9)18(14,15)13-19(16,17)7(10,11)12/h1-2,14H;1-3,13H. The minimum atomic E-state index is -6.32. The van der Waals surface area contributed by atoms with E-state index in [4.69, 9.17) is 0 Å². The Morgan fingerprint density at radius 1 is 0.487 bits per heavy atom.